The number of hydrogen-bond acceptors (Lipinski definition) is 3. The zero-order chi connectivity index (χ0) is 19.0. The second kappa shape index (κ2) is 7.02. The van der Waals surface area contributed by atoms with Crippen molar-refractivity contribution < 1.29 is 13.6 Å². The molecular formula is C20H11Cl2FN2O2. The minimum absolute atomic E-state index is 0.0359. The topological polar surface area (TPSA) is 55.1 Å². The van der Waals surface area contributed by atoms with Crippen molar-refractivity contribution in [3.05, 3.63) is 82.1 Å². The molecule has 1 amide bonds. The molecule has 4 aromatic rings. The predicted molar refractivity (Wildman–Crippen MR) is 104 cm³/mol. The third-order valence-electron chi connectivity index (χ3n) is 3.90. The number of rotatable bonds is 3. The maximum absolute atomic E-state index is 13.8. The van der Waals surface area contributed by atoms with Crippen LogP contribution in [0.2, 0.25) is 10.0 Å². The molecule has 0 spiro atoms. The molecule has 0 saturated heterocycles. The molecule has 0 aliphatic carbocycles. The summed E-state index contributed by atoms with van der Waals surface area (Å²) in [5, 5.41) is 3.49. The van der Waals surface area contributed by atoms with E-state index in [9.17, 15) is 9.18 Å². The minimum Gasteiger partial charge on any atom is -0.435 e. The second-order valence-electron chi connectivity index (χ2n) is 5.77. The van der Waals surface area contributed by atoms with Gasteiger partial charge in [0.2, 0.25) is 5.89 Å². The highest BCUT2D eigenvalue weighted by Gasteiger charge is 2.14. The van der Waals surface area contributed by atoms with Gasteiger partial charge in [-0.1, -0.05) is 41.4 Å². The maximum Gasteiger partial charge on any atom is 0.258 e. The summed E-state index contributed by atoms with van der Waals surface area (Å²) in [5.41, 5.74) is 2.03. The molecule has 1 heterocycles. The first kappa shape index (κ1) is 17.5. The fourth-order valence-corrected chi connectivity index (χ4v) is 3.18. The molecule has 0 atom stereocenters. The van der Waals surface area contributed by atoms with Gasteiger partial charge >= 0.3 is 0 Å². The first-order valence-corrected chi connectivity index (χ1v) is 8.69. The van der Waals surface area contributed by atoms with Crippen LogP contribution in [0, 0.1) is 5.82 Å². The van der Waals surface area contributed by atoms with Crippen LogP contribution in [0.3, 0.4) is 0 Å². The monoisotopic (exact) mass is 400 g/mol. The normalized spacial score (nSPS) is 10.9. The Morgan fingerprint density at radius 1 is 1.04 bits per heavy atom. The average Bonchev–Trinajstić information content (AvgIpc) is 3.06. The Hall–Kier alpha value is -2.89. The zero-order valence-electron chi connectivity index (χ0n) is 13.7. The highest BCUT2D eigenvalue weighted by atomic mass is 35.5. The van der Waals surface area contributed by atoms with Crippen molar-refractivity contribution in [2.24, 2.45) is 0 Å². The first-order chi connectivity index (χ1) is 13.0. The van der Waals surface area contributed by atoms with E-state index in [1.54, 1.807) is 42.5 Å². The lowest BCUT2D eigenvalue weighted by atomic mass is 10.1. The van der Waals surface area contributed by atoms with Crippen LogP contribution in [-0.4, -0.2) is 10.9 Å². The van der Waals surface area contributed by atoms with Crippen molar-refractivity contribution in [3.63, 3.8) is 0 Å². The average molecular weight is 401 g/mol. The molecule has 0 radical (unpaired) electrons. The fourth-order valence-electron chi connectivity index (χ4n) is 2.66. The SMILES string of the molecule is O=C(Nc1cccc(-c2nc3cc(Cl)cc(Cl)c3o2)c1)c1ccccc1F. The highest BCUT2D eigenvalue weighted by Crippen LogP contribution is 2.32. The molecule has 0 aliphatic heterocycles. The van der Waals surface area contributed by atoms with Crippen molar-refractivity contribution >= 4 is 45.9 Å². The summed E-state index contributed by atoms with van der Waals surface area (Å²) in [6, 6.07) is 15.9. The molecule has 4 nitrogen and oxygen atoms in total. The number of carbonyl (C=O) groups is 1. The number of aromatic nitrogens is 1. The van der Waals surface area contributed by atoms with E-state index >= 15 is 0 Å². The summed E-state index contributed by atoms with van der Waals surface area (Å²) in [5.74, 6) is -0.801. The molecule has 134 valence electrons. The molecule has 1 aromatic heterocycles. The highest BCUT2D eigenvalue weighted by molar-refractivity contribution is 6.38. The van der Waals surface area contributed by atoms with Gasteiger partial charge in [-0.05, 0) is 42.5 Å². The van der Waals surface area contributed by atoms with Gasteiger partial charge in [-0.15, -0.1) is 0 Å². The van der Waals surface area contributed by atoms with Crippen molar-refractivity contribution in [2.75, 3.05) is 5.32 Å². The number of oxazole rings is 1. The lowest BCUT2D eigenvalue weighted by molar-refractivity contribution is 0.102. The number of carbonyl (C=O) groups excluding carboxylic acids is 1. The van der Waals surface area contributed by atoms with E-state index in [1.165, 1.54) is 18.2 Å². The van der Waals surface area contributed by atoms with E-state index in [4.69, 9.17) is 27.6 Å². The van der Waals surface area contributed by atoms with Crippen LogP contribution >= 0.6 is 23.2 Å². The third kappa shape index (κ3) is 3.52. The van der Waals surface area contributed by atoms with Gasteiger partial charge in [0, 0.05) is 16.3 Å². The van der Waals surface area contributed by atoms with Crippen LogP contribution in [0.1, 0.15) is 10.4 Å². The van der Waals surface area contributed by atoms with E-state index < -0.39 is 11.7 Å². The Balaban J connectivity index is 1.66. The number of amides is 1. The lowest BCUT2D eigenvalue weighted by Crippen LogP contribution is -2.13. The summed E-state index contributed by atoms with van der Waals surface area (Å²) >= 11 is 12.1. The number of halogens is 3. The Bertz CT molecular complexity index is 1170. The van der Waals surface area contributed by atoms with E-state index in [1.807, 2.05) is 0 Å². The van der Waals surface area contributed by atoms with Gasteiger partial charge in [0.25, 0.3) is 5.91 Å². The molecule has 0 saturated carbocycles. The van der Waals surface area contributed by atoms with E-state index in [-0.39, 0.29) is 5.56 Å². The third-order valence-corrected chi connectivity index (χ3v) is 4.39. The van der Waals surface area contributed by atoms with Gasteiger partial charge in [0.05, 0.1) is 10.6 Å². The van der Waals surface area contributed by atoms with Crippen molar-refractivity contribution in [2.45, 2.75) is 0 Å². The largest absolute Gasteiger partial charge is 0.435 e. The summed E-state index contributed by atoms with van der Waals surface area (Å²) in [4.78, 5) is 16.7. The van der Waals surface area contributed by atoms with Gasteiger partial charge in [-0.2, -0.15) is 0 Å². The maximum atomic E-state index is 13.8. The van der Waals surface area contributed by atoms with Crippen molar-refractivity contribution in [1.82, 2.24) is 4.98 Å². The van der Waals surface area contributed by atoms with Crippen LogP contribution < -0.4 is 5.32 Å². The summed E-state index contributed by atoms with van der Waals surface area (Å²) in [6.07, 6.45) is 0. The van der Waals surface area contributed by atoms with Crippen LogP contribution in [0.4, 0.5) is 10.1 Å². The molecule has 0 bridgehead atoms. The molecule has 1 N–H and O–H groups in total. The smallest absolute Gasteiger partial charge is 0.258 e. The molecule has 7 heteroatoms. The predicted octanol–water partition coefficient (Wildman–Crippen LogP) is 6.19. The van der Waals surface area contributed by atoms with E-state index in [0.29, 0.717) is 38.3 Å². The first-order valence-electron chi connectivity index (χ1n) is 7.93. The van der Waals surface area contributed by atoms with Gasteiger partial charge in [-0.3, -0.25) is 4.79 Å². The molecular weight excluding hydrogens is 390 g/mol. The molecule has 0 aliphatic rings. The molecule has 3 aromatic carbocycles. The molecule has 0 fully saturated rings. The standard InChI is InChI=1S/C20H11Cl2FN2O2/c21-12-9-15(22)18-17(10-12)25-20(27-18)11-4-3-5-13(8-11)24-19(26)14-6-1-2-7-16(14)23/h1-10H,(H,24,26). The summed E-state index contributed by atoms with van der Waals surface area (Å²) in [7, 11) is 0. The second-order valence-corrected chi connectivity index (χ2v) is 6.61. The summed E-state index contributed by atoms with van der Waals surface area (Å²) < 4.78 is 19.5. The molecule has 4 rings (SSSR count). The Morgan fingerprint density at radius 3 is 2.67 bits per heavy atom. The van der Waals surface area contributed by atoms with Crippen LogP contribution in [0.15, 0.2) is 65.1 Å². The molecule has 27 heavy (non-hydrogen) atoms. The number of nitrogens with zero attached hydrogens (tertiary/aromatic N) is 1. The Morgan fingerprint density at radius 2 is 1.85 bits per heavy atom. The lowest BCUT2D eigenvalue weighted by Gasteiger charge is -2.07. The van der Waals surface area contributed by atoms with Crippen LogP contribution in [0.5, 0.6) is 0 Å². The van der Waals surface area contributed by atoms with Gasteiger partial charge < -0.3 is 9.73 Å². The van der Waals surface area contributed by atoms with Crippen LogP contribution in [0.25, 0.3) is 22.6 Å². The van der Waals surface area contributed by atoms with E-state index in [2.05, 4.69) is 10.3 Å². The van der Waals surface area contributed by atoms with Gasteiger partial charge in [0.15, 0.2) is 5.58 Å². The van der Waals surface area contributed by atoms with Crippen molar-refractivity contribution in [1.29, 1.82) is 0 Å². The van der Waals surface area contributed by atoms with E-state index in [0.717, 1.165) is 0 Å². The number of anilines is 1. The van der Waals surface area contributed by atoms with Crippen LogP contribution in [-0.2, 0) is 0 Å². The van der Waals surface area contributed by atoms with Gasteiger partial charge in [0.1, 0.15) is 11.3 Å². The summed E-state index contributed by atoms with van der Waals surface area (Å²) in [6.45, 7) is 0. The number of hydrogen-bond donors (Lipinski definition) is 1. The Kier molecular flexibility index (Phi) is 4.56. The number of fused-ring (bicyclic) bond motifs is 1. The number of nitrogens with one attached hydrogen (secondary N) is 1. The molecule has 0 unspecified atom stereocenters. The minimum atomic E-state index is -0.586. The quantitative estimate of drug-likeness (QED) is 0.445. The zero-order valence-corrected chi connectivity index (χ0v) is 15.2. The van der Waals surface area contributed by atoms with Gasteiger partial charge in [-0.25, -0.2) is 9.37 Å². The Labute approximate surface area is 163 Å². The number of benzene rings is 3. The fraction of sp³-hybridized carbons (Fsp3) is 0. The van der Waals surface area contributed by atoms with Crippen molar-refractivity contribution in [3.8, 4) is 11.5 Å².